The number of aliphatic hydroxyl groups is 1. The Morgan fingerprint density at radius 1 is 1.33 bits per heavy atom. The SMILES string of the molecule is CC(C)(C)OCCO.[Ti]. The van der Waals surface area contributed by atoms with Crippen LogP contribution in [0, 0.1) is 0 Å². The third-order valence-electron chi connectivity index (χ3n) is 0.626. The Labute approximate surface area is 71.5 Å². The zero-order valence-corrected chi connectivity index (χ0v) is 7.83. The summed E-state index contributed by atoms with van der Waals surface area (Å²) in [5.74, 6) is 0. The van der Waals surface area contributed by atoms with Crippen molar-refractivity contribution >= 4 is 0 Å². The van der Waals surface area contributed by atoms with Gasteiger partial charge in [-0.3, -0.25) is 0 Å². The molecule has 0 atom stereocenters. The van der Waals surface area contributed by atoms with Gasteiger partial charge in [0.2, 0.25) is 0 Å². The maximum Gasteiger partial charge on any atom is 0.0704 e. The molecule has 0 aliphatic rings. The summed E-state index contributed by atoms with van der Waals surface area (Å²) in [6.07, 6.45) is 0. The van der Waals surface area contributed by atoms with E-state index in [1.165, 1.54) is 0 Å². The molecule has 0 spiro atoms. The van der Waals surface area contributed by atoms with Gasteiger partial charge >= 0.3 is 0 Å². The van der Waals surface area contributed by atoms with Gasteiger partial charge in [-0.25, -0.2) is 0 Å². The maximum atomic E-state index is 8.30. The summed E-state index contributed by atoms with van der Waals surface area (Å²) in [5, 5.41) is 8.30. The predicted octanol–water partition coefficient (Wildman–Crippen LogP) is 0.791. The monoisotopic (exact) mass is 166 g/mol. The molecular weight excluding hydrogens is 152 g/mol. The first-order chi connectivity index (χ1) is 3.56. The van der Waals surface area contributed by atoms with Crippen LogP contribution in [0.15, 0.2) is 0 Å². The van der Waals surface area contributed by atoms with Crippen LogP contribution in [0.25, 0.3) is 0 Å². The van der Waals surface area contributed by atoms with Crippen LogP contribution in [0.1, 0.15) is 20.8 Å². The van der Waals surface area contributed by atoms with Gasteiger partial charge in [0.25, 0.3) is 0 Å². The molecule has 0 saturated carbocycles. The van der Waals surface area contributed by atoms with Crippen LogP contribution in [0.3, 0.4) is 0 Å². The van der Waals surface area contributed by atoms with E-state index in [1.807, 2.05) is 20.8 Å². The van der Waals surface area contributed by atoms with Gasteiger partial charge in [-0.1, -0.05) is 0 Å². The standard InChI is InChI=1S/C6H14O2.Ti/c1-6(2,3)8-5-4-7;/h7H,4-5H2,1-3H3;. The summed E-state index contributed by atoms with van der Waals surface area (Å²) >= 11 is 0. The van der Waals surface area contributed by atoms with E-state index in [0.717, 1.165) is 0 Å². The van der Waals surface area contributed by atoms with Gasteiger partial charge in [0.15, 0.2) is 0 Å². The van der Waals surface area contributed by atoms with Gasteiger partial charge in [-0.2, -0.15) is 0 Å². The molecule has 9 heavy (non-hydrogen) atoms. The van der Waals surface area contributed by atoms with Crippen LogP contribution < -0.4 is 0 Å². The Hall–Kier alpha value is 0.634. The largest absolute Gasteiger partial charge is 0.394 e. The Morgan fingerprint density at radius 2 is 1.78 bits per heavy atom. The van der Waals surface area contributed by atoms with Gasteiger partial charge < -0.3 is 9.84 Å². The van der Waals surface area contributed by atoms with Crippen molar-refractivity contribution in [1.29, 1.82) is 0 Å². The Balaban J connectivity index is 0. The van der Waals surface area contributed by atoms with Crippen molar-refractivity contribution in [2.24, 2.45) is 0 Å². The summed E-state index contributed by atoms with van der Waals surface area (Å²) in [6.45, 7) is 6.43. The number of aliphatic hydroxyl groups excluding tert-OH is 1. The zero-order chi connectivity index (χ0) is 6.62. The van der Waals surface area contributed by atoms with E-state index in [2.05, 4.69) is 0 Å². The van der Waals surface area contributed by atoms with E-state index in [0.29, 0.717) is 6.61 Å². The fraction of sp³-hybridized carbons (Fsp3) is 1.00. The van der Waals surface area contributed by atoms with Crippen LogP contribution in [-0.2, 0) is 26.5 Å². The molecule has 0 aromatic carbocycles. The molecule has 0 aromatic heterocycles. The summed E-state index contributed by atoms with van der Waals surface area (Å²) in [7, 11) is 0. The Bertz CT molecular complexity index is 58.6. The third kappa shape index (κ3) is 12.0. The average molecular weight is 166 g/mol. The van der Waals surface area contributed by atoms with Crippen molar-refractivity contribution in [1.82, 2.24) is 0 Å². The number of rotatable bonds is 2. The molecule has 0 bridgehead atoms. The van der Waals surface area contributed by atoms with E-state index in [-0.39, 0.29) is 33.9 Å². The fourth-order valence-corrected chi connectivity index (χ4v) is 0.352. The van der Waals surface area contributed by atoms with Crippen LogP contribution in [0.5, 0.6) is 0 Å². The summed E-state index contributed by atoms with van der Waals surface area (Å²) in [4.78, 5) is 0. The summed E-state index contributed by atoms with van der Waals surface area (Å²) in [6, 6.07) is 0. The minimum Gasteiger partial charge on any atom is -0.394 e. The van der Waals surface area contributed by atoms with Gasteiger partial charge in [-0.05, 0) is 20.8 Å². The summed E-state index contributed by atoms with van der Waals surface area (Å²) < 4.78 is 5.13. The number of ether oxygens (including phenoxy) is 1. The maximum absolute atomic E-state index is 8.30. The van der Waals surface area contributed by atoms with Crippen molar-refractivity contribution in [2.75, 3.05) is 13.2 Å². The Morgan fingerprint density at radius 3 is 1.89 bits per heavy atom. The molecule has 0 fully saturated rings. The number of hydrogen-bond acceptors (Lipinski definition) is 2. The minimum absolute atomic E-state index is 0. The Kier molecular flexibility index (Phi) is 7.42. The predicted molar refractivity (Wildman–Crippen MR) is 32.8 cm³/mol. The average Bonchev–Trinajstić information content (AvgIpc) is 1.59. The molecule has 0 amide bonds. The normalized spacial score (nSPS) is 10.7. The van der Waals surface area contributed by atoms with E-state index >= 15 is 0 Å². The molecule has 2 nitrogen and oxygen atoms in total. The summed E-state index contributed by atoms with van der Waals surface area (Å²) in [5.41, 5.74) is -0.108. The van der Waals surface area contributed by atoms with Crippen molar-refractivity contribution in [3.05, 3.63) is 0 Å². The first-order valence-electron chi connectivity index (χ1n) is 2.81. The first-order valence-corrected chi connectivity index (χ1v) is 2.81. The van der Waals surface area contributed by atoms with Crippen LogP contribution >= 0.6 is 0 Å². The van der Waals surface area contributed by atoms with Crippen LogP contribution in [0.2, 0.25) is 0 Å². The fourth-order valence-electron chi connectivity index (χ4n) is 0.352. The minimum atomic E-state index is -0.108. The topological polar surface area (TPSA) is 29.5 Å². The first kappa shape index (κ1) is 12.3. The van der Waals surface area contributed by atoms with Gasteiger partial charge in [-0.15, -0.1) is 0 Å². The van der Waals surface area contributed by atoms with Crippen LogP contribution in [-0.4, -0.2) is 23.9 Å². The van der Waals surface area contributed by atoms with Crippen LogP contribution in [0.4, 0.5) is 0 Å². The van der Waals surface area contributed by atoms with Gasteiger partial charge in [0.1, 0.15) is 0 Å². The van der Waals surface area contributed by atoms with E-state index in [1.54, 1.807) is 0 Å². The molecule has 54 valence electrons. The second-order valence-electron chi connectivity index (χ2n) is 2.68. The van der Waals surface area contributed by atoms with E-state index in [9.17, 15) is 0 Å². The van der Waals surface area contributed by atoms with Crippen molar-refractivity contribution in [3.63, 3.8) is 0 Å². The molecular formula is C6H14O2Ti. The van der Waals surface area contributed by atoms with Crippen molar-refractivity contribution < 1.29 is 31.6 Å². The molecule has 0 aliphatic heterocycles. The molecule has 1 N–H and O–H groups in total. The van der Waals surface area contributed by atoms with Gasteiger partial charge in [0, 0.05) is 21.7 Å². The molecule has 0 saturated heterocycles. The number of hydrogen-bond donors (Lipinski definition) is 1. The quantitative estimate of drug-likeness (QED) is 0.614. The molecule has 0 aliphatic carbocycles. The van der Waals surface area contributed by atoms with Crippen molar-refractivity contribution in [3.8, 4) is 0 Å². The second-order valence-corrected chi connectivity index (χ2v) is 2.68. The van der Waals surface area contributed by atoms with Gasteiger partial charge in [0.05, 0.1) is 18.8 Å². The van der Waals surface area contributed by atoms with E-state index < -0.39 is 0 Å². The zero-order valence-electron chi connectivity index (χ0n) is 6.27. The third-order valence-corrected chi connectivity index (χ3v) is 0.626. The smallest absolute Gasteiger partial charge is 0.0704 e. The molecule has 0 radical (unpaired) electrons. The molecule has 0 heterocycles. The van der Waals surface area contributed by atoms with Crippen molar-refractivity contribution in [2.45, 2.75) is 26.4 Å². The second kappa shape index (κ2) is 5.42. The molecule has 3 heteroatoms. The molecule has 0 unspecified atom stereocenters. The van der Waals surface area contributed by atoms with E-state index in [4.69, 9.17) is 9.84 Å². The molecule has 0 rings (SSSR count). The molecule has 0 aromatic rings.